The van der Waals surface area contributed by atoms with Crippen molar-refractivity contribution in [3.63, 3.8) is 0 Å². The molecule has 0 aromatic carbocycles. The first-order valence-electron chi connectivity index (χ1n) is 7.03. The summed E-state index contributed by atoms with van der Waals surface area (Å²) in [5, 5.41) is 45.4. The van der Waals surface area contributed by atoms with Gasteiger partial charge < -0.3 is 40.0 Å². The average Bonchev–Trinajstić information content (AvgIpc) is 2.58. The molecule has 1 fully saturated rings. The Balaban J connectivity index is 2.99. The Bertz CT molecular complexity index is 511. The zero-order valence-electron chi connectivity index (χ0n) is 12.9. The normalized spacial score (nSPS) is 29.2. The fourth-order valence-corrected chi connectivity index (χ4v) is 2.39. The minimum atomic E-state index is -2.16. The van der Waals surface area contributed by atoms with Crippen molar-refractivity contribution >= 4 is 11.9 Å². The number of methoxy groups -OCH3 is 1. The number of carbonyl (C=O) groups is 2. The first kappa shape index (κ1) is 20.1. The molecular weight excluding hydrogens is 328 g/mol. The van der Waals surface area contributed by atoms with E-state index in [1.165, 1.54) is 0 Å². The van der Waals surface area contributed by atoms with E-state index < -0.39 is 55.2 Å². The van der Waals surface area contributed by atoms with Gasteiger partial charge in [-0.3, -0.25) is 4.79 Å². The van der Waals surface area contributed by atoms with Gasteiger partial charge in [0, 0.05) is 18.4 Å². The van der Waals surface area contributed by atoms with Crippen LogP contribution in [-0.2, 0) is 19.1 Å². The van der Waals surface area contributed by atoms with Crippen molar-refractivity contribution in [1.29, 1.82) is 0 Å². The van der Waals surface area contributed by atoms with Gasteiger partial charge in [0.25, 0.3) is 0 Å². The molecule has 1 aliphatic rings. The number of hydrogen-bond donors (Lipinski definition) is 4. The van der Waals surface area contributed by atoms with Crippen molar-refractivity contribution in [3.8, 4) is 0 Å². The molecule has 1 unspecified atom stereocenters. The predicted molar refractivity (Wildman–Crippen MR) is 73.9 cm³/mol. The molecule has 0 radical (unpaired) electrons. The van der Waals surface area contributed by atoms with Gasteiger partial charge in [-0.25, -0.2) is 0 Å². The average molecular weight is 347 g/mol. The first-order valence-corrected chi connectivity index (χ1v) is 7.03. The third-order valence-electron chi connectivity index (χ3n) is 3.69. The Hall–Kier alpha value is -1.95. The number of carboxylic acids is 1. The molecule has 1 heterocycles. The number of nitrogens with one attached hydrogen (secondary N) is 1. The van der Waals surface area contributed by atoms with Crippen LogP contribution in [0, 0.1) is 0 Å². The lowest BCUT2D eigenvalue weighted by Crippen LogP contribution is -2.65. The summed E-state index contributed by atoms with van der Waals surface area (Å²) >= 11 is 0. The van der Waals surface area contributed by atoms with Gasteiger partial charge >= 0.3 is 0 Å². The van der Waals surface area contributed by atoms with E-state index in [1.807, 2.05) is 0 Å². The lowest BCUT2D eigenvalue weighted by molar-refractivity contribution is -0.372. The summed E-state index contributed by atoms with van der Waals surface area (Å²) in [6.07, 6.45) is -4.95. The second kappa shape index (κ2) is 8.78. The van der Waals surface area contributed by atoms with Crippen LogP contribution in [0.3, 0.4) is 0 Å². The maximum absolute atomic E-state index is 11.7. The summed E-state index contributed by atoms with van der Waals surface area (Å²) in [7, 11) is 1.07. The minimum Gasteiger partial charge on any atom is -0.544 e. The number of nitrogens with zero attached hydrogens (tertiary/aromatic N) is 3. The second-order valence-electron chi connectivity index (χ2n) is 5.17. The van der Waals surface area contributed by atoms with Crippen molar-refractivity contribution in [3.05, 3.63) is 10.4 Å². The zero-order valence-corrected chi connectivity index (χ0v) is 12.9. The van der Waals surface area contributed by atoms with Gasteiger partial charge in [0.15, 0.2) is 0 Å². The van der Waals surface area contributed by atoms with Crippen LogP contribution in [0.1, 0.15) is 12.8 Å². The number of aliphatic carboxylic acids is 1. The summed E-state index contributed by atoms with van der Waals surface area (Å²) in [6.45, 7) is -1.32. The molecule has 1 aliphatic heterocycles. The smallest absolute Gasteiger partial charge is 0.226 e. The van der Waals surface area contributed by atoms with Gasteiger partial charge in [-0.2, -0.15) is 0 Å². The summed E-state index contributed by atoms with van der Waals surface area (Å²) in [6, 6.07) is -0.912. The molecule has 24 heavy (non-hydrogen) atoms. The van der Waals surface area contributed by atoms with Crippen LogP contribution in [0.15, 0.2) is 5.11 Å². The van der Waals surface area contributed by atoms with Crippen molar-refractivity contribution < 1.29 is 39.5 Å². The van der Waals surface area contributed by atoms with Gasteiger partial charge in [0.1, 0.15) is 30.8 Å². The Morgan fingerprint density at radius 1 is 1.58 bits per heavy atom. The van der Waals surface area contributed by atoms with E-state index in [2.05, 4.69) is 15.3 Å². The highest BCUT2D eigenvalue weighted by molar-refractivity contribution is 5.78. The van der Waals surface area contributed by atoms with Crippen LogP contribution in [0.2, 0.25) is 0 Å². The highest BCUT2D eigenvalue weighted by Gasteiger charge is 2.47. The van der Waals surface area contributed by atoms with E-state index in [0.717, 1.165) is 7.11 Å². The summed E-state index contributed by atoms with van der Waals surface area (Å²) < 4.78 is 10.1. The second-order valence-corrected chi connectivity index (χ2v) is 5.17. The first-order chi connectivity index (χ1) is 11.3. The van der Waals surface area contributed by atoms with Crippen LogP contribution < -0.4 is 10.4 Å². The lowest BCUT2D eigenvalue weighted by Gasteiger charge is -2.46. The number of carboxylic acid groups (broad SMARTS) is 1. The molecule has 0 spiro atoms. The molecule has 12 heteroatoms. The zero-order chi connectivity index (χ0) is 18.3. The molecule has 1 amide bonds. The Morgan fingerprint density at radius 2 is 2.25 bits per heavy atom. The maximum Gasteiger partial charge on any atom is 0.226 e. The van der Waals surface area contributed by atoms with Crippen LogP contribution in [0.5, 0.6) is 0 Å². The number of hydrogen-bond acceptors (Lipinski definition) is 9. The number of ether oxygens (including phenoxy) is 2. The third-order valence-corrected chi connectivity index (χ3v) is 3.69. The van der Waals surface area contributed by atoms with Crippen molar-refractivity contribution in [2.24, 2.45) is 5.11 Å². The number of azide groups is 1. The Morgan fingerprint density at radius 3 is 2.75 bits per heavy atom. The van der Waals surface area contributed by atoms with Gasteiger partial charge in [-0.05, 0) is 12.0 Å². The quantitative estimate of drug-likeness (QED) is 0.199. The third kappa shape index (κ3) is 4.54. The fraction of sp³-hybridized carbons (Fsp3) is 0.833. The molecule has 0 aliphatic carbocycles. The summed E-state index contributed by atoms with van der Waals surface area (Å²) in [4.78, 5) is 25.4. The molecule has 5 atom stereocenters. The van der Waals surface area contributed by atoms with Gasteiger partial charge in [-0.1, -0.05) is 5.11 Å². The summed E-state index contributed by atoms with van der Waals surface area (Å²) in [5.74, 6) is -4.53. The van der Waals surface area contributed by atoms with E-state index >= 15 is 0 Å². The molecule has 12 nitrogen and oxygen atoms in total. The van der Waals surface area contributed by atoms with E-state index in [1.54, 1.807) is 0 Å². The van der Waals surface area contributed by atoms with Crippen LogP contribution >= 0.6 is 0 Å². The number of aliphatic hydroxyl groups is 3. The predicted octanol–water partition coefficient (Wildman–Crippen LogP) is -3.23. The van der Waals surface area contributed by atoms with Gasteiger partial charge in [-0.15, -0.1) is 0 Å². The van der Waals surface area contributed by atoms with E-state index in [4.69, 9.17) is 20.1 Å². The van der Waals surface area contributed by atoms with Crippen LogP contribution in [0.4, 0.5) is 0 Å². The monoisotopic (exact) mass is 347 g/mol. The fourth-order valence-electron chi connectivity index (χ4n) is 2.39. The SMILES string of the molecule is CO[C@]1(C(=O)[O-])CC[C@@H](NC(=O)CN=[N+]=[N-])C([C@H](O)[C@H](O)CO)O1. The summed E-state index contributed by atoms with van der Waals surface area (Å²) in [5.41, 5.74) is 8.19. The number of aliphatic hydroxyl groups excluding tert-OH is 3. The number of amides is 1. The minimum absolute atomic E-state index is 0.00367. The highest BCUT2D eigenvalue weighted by atomic mass is 16.7. The molecule has 0 bridgehead atoms. The van der Waals surface area contributed by atoms with E-state index in [0.29, 0.717) is 0 Å². The largest absolute Gasteiger partial charge is 0.544 e. The number of rotatable bonds is 8. The molecule has 0 aromatic rings. The van der Waals surface area contributed by atoms with Gasteiger partial charge in [0.05, 0.1) is 12.6 Å². The molecule has 1 rings (SSSR count). The standard InChI is InChI=1S/C12H20N4O8/c1-23-12(11(21)22)3-2-6(15-8(19)4-14-16-13)10(24-12)9(20)7(18)5-17/h6-7,9-10,17-18,20H,2-5H2,1H3,(H,15,19)(H,21,22)/p-1/t6-,7-,9-,10?,12-/m1/s1. The molecule has 136 valence electrons. The molecule has 4 N–H and O–H groups in total. The van der Waals surface area contributed by atoms with Crippen LogP contribution in [-0.4, -0.2) is 77.6 Å². The van der Waals surface area contributed by atoms with Crippen LogP contribution in [0.25, 0.3) is 10.4 Å². The molecule has 0 saturated carbocycles. The van der Waals surface area contributed by atoms with E-state index in [-0.39, 0.29) is 12.8 Å². The topological polar surface area (TPSA) is 197 Å². The van der Waals surface area contributed by atoms with Crippen molar-refractivity contribution in [1.82, 2.24) is 5.32 Å². The molecule has 1 saturated heterocycles. The van der Waals surface area contributed by atoms with Crippen molar-refractivity contribution in [2.75, 3.05) is 20.3 Å². The highest BCUT2D eigenvalue weighted by Crippen LogP contribution is 2.31. The molecule has 0 aromatic heterocycles. The maximum atomic E-state index is 11.7. The van der Waals surface area contributed by atoms with E-state index in [9.17, 15) is 24.9 Å². The molecular formula is C12H19N4O8-. The lowest BCUT2D eigenvalue weighted by atomic mass is 9.91. The van der Waals surface area contributed by atoms with Gasteiger partial charge in [0.2, 0.25) is 11.7 Å². The Kier molecular flexibility index (Phi) is 7.35. The Labute approximate surface area is 136 Å². The number of carbonyl (C=O) groups excluding carboxylic acids is 2. The van der Waals surface area contributed by atoms with Crippen molar-refractivity contribution in [2.45, 2.75) is 43.0 Å².